The minimum atomic E-state index is -0.361. The van der Waals surface area contributed by atoms with Crippen molar-refractivity contribution in [3.63, 3.8) is 0 Å². The van der Waals surface area contributed by atoms with Crippen molar-refractivity contribution in [2.24, 2.45) is 11.8 Å². The van der Waals surface area contributed by atoms with Gasteiger partial charge in [0.25, 0.3) is 0 Å². The second-order valence-electron chi connectivity index (χ2n) is 3.87. The summed E-state index contributed by atoms with van der Waals surface area (Å²) in [6.07, 6.45) is 3.25. The highest BCUT2D eigenvalue weighted by atomic mass is 16.1. The predicted octanol–water partition coefficient (Wildman–Crippen LogP) is 1.45. The number of hydrogen-bond donors (Lipinski definition) is 1. The molecule has 1 aliphatic rings. The van der Waals surface area contributed by atoms with Gasteiger partial charge in [0.15, 0.2) is 0 Å². The zero-order valence-corrected chi connectivity index (χ0v) is 8.21. The molecule has 0 heterocycles. The van der Waals surface area contributed by atoms with E-state index in [-0.39, 0.29) is 17.9 Å². The second-order valence-corrected chi connectivity index (χ2v) is 3.87. The molecular weight excluding hydrogens is 164 g/mol. The van der Waals surface area contributed by atoms with E-state index in [2.05, 4.69) is 12.2 Å². The Morgan fingerprint density at radius 2 is 2.31 bits per heavy atom. The quantitative estimate of drug-likeness (QED) is 0.699. The van der Waals surface area contributed by atoms with Crippen molar-refractivity contribution in [1.82, 2.24) is 5.32 Å². The fraction of sp³-hybridized carbons (Fsp3) is 0.800. The highest BCUT2D eigenvalue weighted by molar-refractivity contribution is 5.79. The topological polar surface area (TPSA) is 52.9 Å². The van der Waals surface area contributed by atoms with E-state index in [1.54, 1.807) is 6.92 Å². The molecule has 1 saturated carbocycles. The molecule has 1 amide bonds. The maximum atomic E-state index is 11.6. The van der Waals surface area contributed by atoms with Crippen LogP contribution in [0.5, 0.6) is 0 Å². The van der Waals surface area contributed by atoms with Crippen molar-refractivity contribution in [3.05, 3.63) is 0 Å². The van der Waals surface area contributed by atoms with Crippen molar-refractivity contribution >= 4 is 5.91 Å². The molecule has 0 aromatic rings. The number of hydrogen-bond acceptors (Lipinski definition) is 2. The lowest BCUT2D eigenvalue weighted by Gasteiger charge is -2.15. The Hall–Kier alpha value is -1.04. The summed E-state index contributed by atoms with van der Waals surface area (Å²) in [6.45, 7) is 3.81. The third-order valence-corrected chi connectivity index (χ3v) is 2.75. The fourth-order valence-corrected chi connectivity index (χ4v) is 1.89. The molecule has 3 atom stereocenters. The van der Waals surface area contributed by atoms with Gasteiger partial charge in [-0.2, -0.15) is 5.26 Å². The van der Waals surface area contributed by atoms with Crippen LogP contribution in [0, 0.1) is 23.2 Å². The first-order valence-corrected chi connectivity index (χ1v) is 4.85. The largest absolute Gasteiger partial charge is 0.340 e. The Kier molecular flexibility index (Phi) is 3.30. The lowest BCUT2D eigenvalue weighted by molar-refractivity contribution is -0.126. The first-order chi connectivity index (χ1) is 6.15. The summed E-state index contributed by atoms with van der Waals surface area (Å²) in [7, 11) is 0. The molecule has 0 bridgehead atoms. The minimum Gasteiger partial charge on any atom is -0.340 e. The molecule has 1 aliphatic carbocycles. The van der Waals surface area contributed by atoms with Crippen LogP contribution in [0.15, 0.2) is 0 Å². The molecule has 1 N–H and O–H groups in total. The third-order valence-electron chi connectivity index (χ3n) is 2.75. The van der Waals surface area contributed by atoms with Crippen LogP contribution in [0.3, 0.4) is 0 Å². The van der Waals surface area contributed by atoms with Gasteiger partial charge in [-0.1, -0.05) is 13.3 Å². The molecule has 1 fully saturated rings. The van der Waals surface area contributed by atoms with Crippen molar-refractivity contribution in [1.29, 1.82) is 5.26 Å². The van der Waals surface area contributed by atoms with Crippen molar-refractivity contribution < 1.29 is 4.79 Å². The molecule has 0 aromatic heterocycles. The highest BCUT2D eigenvalue weighted by Crippen LogP contribution is 2.31. The molecular formula is C10H16N2O. The first-order valence-electron chi connectivity index (χ1n) is 4.85. The third kappa shape index (κ3) is 2.45. The number of carbonyl (C=O) groups is 1. The molecule has 0 saturated heterocycles. The number of nitriles is 1. The van der Waals surface area contributed by atoms with Gasteiger partial charge in [0.2, 0.25) is 5.91 Å². The lowest BCUT2D eigenvalue weighted by Crippen LogP contribution is -2.37. The average molecular weight is 180 g/mol. The van der Waals surface area contributed by atoms with Gasteiger partial charge in [-0.3, -0.25) is 4.79 Å². The number of amides is 1. The van der Waals surface area contributed by atoms with Crippen molar-refractivity contribution in [2.75, 3.05) is 0 Å². The Labute approximate surface area is 79.1 Å². The summed E-state index contributed by atoms with van der Waals surface area (Å²) in [5.74, 6) is 0.667. The molecule has 3 heteroatoms. The summed E-state index contributed by atoms with van der Waals surface area (Å²) in [6, 6.07) is 1.64. The van der Waals surface area contributed by atoms with E-state index in [0.717, 1.165) is 19.3 Å². The number of nitrogens with zero attached hydrogens (tertiary/aromatic N) is 1. The predicted molar refractivity (Wildman–Crippen MR) is 49.7 cm³/mol. The zero-order chi connectivity index (χ0) is 9.84. The Morgan fingerprint density at radius 3 is 2.77 bits per heavy atom. The van der Waals surface area contributed by atoms with Crippen LogP contribution >= 0.6 is 0 Å². The van der Waals surface area contributed by atoms with Gasteiger partial charge >= 0.3 is 0 Å². The van der Waals surface area contributed by atoms with E-state index in [1.807, 2.05) is 6.07 Å². The maximum Gasteiger partial charge on any atom is 0.224 e. The lowest BCUT2D eigenvalue weighted by atomic mass is 9.97. The monoisotopic (exact) mass is 180 g/mol. The van der Waals surface area contributed by atoms with Crippen molar-refractivity contribution in [3.8, 4) is 6.07 Å². The Morgan fingerprint density at radius 1 is 1.62 bits per heavy atom. The standard InChI is InChI=1S/C10H16N2O/c1-7-4-3-5-9(7)10(13)12-8(2)6-11/h7-9H,3-5H2,1-2H3,(H,12,13)/t7?,8-,9?/m0/s1. The molecule has 3 nitrogen and oxygen atoms in total. The first kappa shape index (κ1) is 10.0. The average Bonchev–Trinajstić information content (AvgIpc) is 2.51. The summed E-state index contributed by atoms with van der Waals surface area (Å²) in [4.78, 5) is 11.6. The van der Waals surface area contributed by atoms with Crippen LogP contribution in [0.2, 0.25) is 0 Å². The molecule has 1 rings (SSSR count). The highest BCUT2D eigenvalue weighted by Gasteiger charge is 2.29. The minimum absolute atomic E-state index is 0.0547. The smallest absolute Gasteiger partial charge is 0.224 e. The summed E-state index contributed by atoms with van der Waals surface area (Å²) < 4.78 is 0. The normalized spacial score (nSPS) is 29.3. The van der Waals surface area contributed by atoms with E-state index < -0.39 is 0 Å². The molecule has 0 aliphatic heterocycles. The van der Waals surface area contributed by atoms with Gasteiger partial charge in [-0.25, -0.2) is 0 Å². The van der Waals surface area contributed by atoms with Gasteiger partial charge in [-0.15, -0.1) is 0 Å². The van der Waals surface area contributed by atoms with Gasteiger partial charge < -0.3 is 5.32 Å². The van der Waals surface area contributed by atoms with E-state index in [0.29, 0.717) is 5.92 Å². The SMILES string of the molecule is CC1CCCC1C(=O)N[C@@H](C)C#N. The van der Waals surface area contributed by atoms with Crippen LogP contribution in [0.25, 0.3) is 0 Å². The van der Waals surface area contributed by atoms with Crippen LogP contribution in [-0.2, 0) is 4.79 Å². The zero-order valence-electron chi connectivity index (χ0n) is 8.21. The van der Waals surface area contributed by atoms with Gasteiger partial charge in [0.1, 0.15) is 6.04 Å². The maximum absolute atomic E-state index is 11.6. The Bertz CT molecular complexity index is 232. The molecule has 72 valence electrons. The van der Waals surface area contributed by atoms with E-state index in [9.17, 15) is 4.79 Å². The van der Waals surface area contributed by atoms with Gasteiger partial charge in [-0.05, 0) is 25.7 Å². The summed E-state index contributed by atoms with van der Waals surface area (Å²) in [5, 5.41) is 11.2. The fourth-order valence-electron chi connectivity index (χ4n) is 1.89. The number of carbonyl (C=O) groups excluding carboxylic acids is 1. The number of rotatable bonds is 2. The van der Waals surface area contributed by atoms with E-state index in [4.69, 9.17) is 5.26 Å². The van der Waals surface area contributed by atoms with Crippen LogP contribution in [0.4, 0.5) is 0 Å². The molecule has 2 unspecified atom stereocenters. The molecule has 13 heavy (non-hydrogen) atoms. The summed E-state index contributed by atoms with van der Waals surface area (Å²) >= 11 is 0. The molecule has 0 spiro atoms. The molecule has 0 radical (unpaired) electrons. The molecule has 0 aromatic carbocycles. The summed E-state index contributed by atoms with van der Waals surface area (Å²) in [5.41, 5.74) is 0. The van der Waals surface area contributed by atoms with Crippen LogP contribution < -0.4 is 5.32 Å². The Balaban J connectivity index is 2.44. The van der Waals surface area contributed by atoms with Gasteiger partial charge in [0, 0.05) is 5.92 Å². The van der Waals surface area contributed by atoms with Crippen molar-refractivity contribution in [2.45, 2.75) is 39.2 Å². The van der Waals surface area contributed by atoms with Crippen LogP contribution in [-0.4, -0.2) is 11.9 Å². The second kappa shape index (κ2) is 4.27. The van der Waals surface area contributed by atoms with E-state index in [1.165, 1.54) is 0 Å². The van der Waals surface area contributed by atoms with E-state index >= 15 is 0 Å². The van der Waals surface area contributed by atoms with Crippen LogP contribution in [0.1, 0.15) is 33.1 Å². The van der Waals surface area contributed by atoms with Gasteiger partial charge in [0.05, 0.1) is 6.07 Å². The number of nitrogens with one attached hydrogen (secondary N) is 1.